The van der Waals surface area contributed by atoms with Gasteiger partial charge in [0.2, 0.25) is 0 Å². The van der Waals surface area contributed by atoms with Crippen LogP contribution in [0.4, 0.5) is 0 Å². The van der Waals surface area contributed by atoms with Crippen molar-refractivity contribution in [3.05, 3.63) is 35.0 Å². The second-order valence-electron chi connectivity index (χ2n) is 5.55. The minimum Gasteiger partial charge on any atom is -0.493 e. The summed E-state index contributed by atoms with van der Waals surface area (Å²) >= 11 is 5.24. The lowest BCUT2D eigenvalue weighted by Crippen LogP contribution is -2.45. The van der Waals surface area contributed by atoms with Gasteiger partial charge in [-0.05, 0) is 50.2 Å². The lowest BCUT2D eigenvalue weighted by Gasteiger charge is -2.30. The summed E-state index contributed by atoms with van der Waals surface area (Å²) < 4.78 is 16.3. The highest BCUT2D eigenvalue weighted by Crippen LogP contribution is 2.34. The van der Waals surface area contributed by atoms with E-state index in [1.54, 1.807) is 14.0 Å². The quantitative estimate of drug-likeness (QED) is 0.569. The molecule has 136 valence electrons. The molecule has 1 aliphatic heterocycles. The van der Waals surface area contributed by atoms with Crippen molar-refractivity contribution in [2.24, 2.45) is 0 Å². The zero-order valence-corrected chi connectivity index (χ0v) is 15.8. The average Bonchev–Trinajstić information content (AvgIpc) is 2.59. The molecule has 0 spiro atoms. The number of methoxy groups -OCH3 is 1. The molecule has 2 N–H and O–H groups in total. The molecule has 0 bridgehead atoms. The van der Waals surface area contributed by atoms with Gasteiger partial charge < -0.3 is 24.8 Å². The van der Waals surface area contributed by atoms with Gasteiger partial charge in [-0.2, -0.15) is 0 Å². The Morgan fingerprint density at radius 1 is 1.28 bits per heavy atom. The third-order valence-corrected chi connectivity index (χ3v) is 3.97. The predicted molar refractivity (Wildman–Crippen MR) is 99.7 cm³/mol. The minimum absolute atomic E-state index is 0.305. The van der Waals surface area contributed by atoms with Crippen LogP contribution in [-0.2, 0) is 9.53 Å². The average molecular weight is 364 g/mol. The van der Waals surface area contributed by atoms with Gasteiger partial charge in [0.25, 0.3) is 0 Å². The number of hydrogen-bond acceptors (Lipinski definition) is 5. The Kier molecular flexibility index (Phi) is 6.64. The molecule has 1 unspecified atom stereocenters. The van der Waals surface area contributed by atoms with Crippen molar-refractivity contribution in [2.45, 2.75) is 33.2 Å². The number of carbonyl (C=O) groups is 1. The van der Waals surface area contributed by atoms with Crippen LogP contribution in [-0.4, -0.2) is 31.4 Å². The first kappa shape index (κ1) is 19.1. The van der Waals surface area contributed by atoms with E-state index in [-0.39, 0.29) is 5.97 Å². The van der Waals surface area contributed by atoms with Crippen molar-refractivity contribution in [1.29, 1.82) is 0 Å². The highest BCUT2D eigenvalue weighted by Gasteiger charge is 2.31. The van der Waals surface area contributed by atoms with Gasteiger partial charge in [0.15, 0.2) is 16.6 Å². The second-order valence-corrected chi connectivity index (χ2v) is 5.96. The van der Waals surface area contributed by atoms with Crippen LogP contribution in [0.2, 0.25) is 0 Å². The first-order valence-corrected chi connectivity index (χ1v) is 8.68. The second kappa shape index (κ2) is 8.71. The normalized spacial score (nSPS) is 16.8. The summed E-state index contributed by atoms with van der Waals surface area (Å²) in [5.74, 6) is 0.902. The summed E-state index contributed by atoms with van der Waals surface area (Å²) in [6, 6.07) is 5.17. The number of esters is 1. The standard InChI is InChI=1S/C18H24N2O4S/c1-5-9-24-13-8-7-12(10-14(13)22-4)16-15(17(21)23-6-2)11(3)19-18(25)20-16/h7-8,10,16H,5-6,9H2,1-4H3,(H2,19,20,25). The maximum Gasteiger partial charge on any atom is 0.338 e. The van der Waals surface area contributed by atoms with Crippen LogP contribution in [0.1, 0.15) is 38.8 Å². The zero-order chi connectivity index (χ0) is 18.4. The fourth-order valence-corrected chi connectivity index (χ4v) is 2.89. The molecular formula is C18H24N2O4S. The number of hydrogen-bond donors (Lipinski definition) is 2. The van der Waals surface area contributed by atoms with E-state index in [1.807, 2.05) is 32.0 Å². The molecule has 1 aliphatic rings. The van der Waals surface area contributed by atoms with Gasteiger partial charge in [0.1, 0.15) is 0 Å². The molecule has 0 saturated heterocycles. The van der Waals surface area contributed by atoms with Crippen LogP contribution in [0.3, 0.4) is 0 Å². The van der Waals surface area contributed by atoms with Crippen molar-refractivity contribution in [1.82, 2.24) is 10.6 Å². The van der Waals surface area contributed by atoms with E-state index in [2.05, 4.69) is 10.6 Å². The van der Waals surface area contributed by atoms with E-state index >= 15 is 0 Å². The molecule has 0 amide bonds. The van der Waals surface area contributed by atoms with Crippen molar-refractivity contribution in [3.63, 3.8) is 0 Å². The Balaban J connectivity index is 2.41. The largest absolute Gasteiger partial charge is 0.493 e. The Hall–Kier alpha value is -2.28. The summed E-state index contributed by atoms with van der Waals surface area (Å²) in [4.78, 5) is 12.4. The Bertz CT molecular complexity index is 688. The third-order valence-electron chi connectivity index (χ3n) is 3.75. The summed E-state index contributed by atoms with van der Waals surface area (Å²) in [6.45, 7) is 6.54. The molecule has 1 aromatic carbocycles. The number of rotatable bonds is 7. The number of ether oxygens (including phenoxy) is 3. The molecule has 1 aromatic rings. The molecule has 0 aliphatic carbocycles. The Morgan fingerprint density at radius 3 is 2.68 bits per heavy atom. The first-order chi connectivity index (χ1) is 12.0. The number of thiocarbonyl (C=S) groups is 1. The van der Waals surface area contributed by atoms with Crippen molar-refractivity contribution in [3.8, 4) is 11.5 Å². The molecular weight excluding hydrogens is 340 g/mol. The molecule has 1 heterocycles. The van der Waals surface area contributed by atoms with E-state index in [0.717, 1.165) is 12.0 Å². The van der Waals surface area contributed by atoms with Gasteiger partial charge in [0, 0.05) is 5.70 Å². The van der Waals surface area contributed by atoms with E-state index < -0.39 is 6.04 Å². The summed E-state index contributed by atoms with van der Waals surface area (Å²) in [6.07, 6.45) is 0.907. The topological polar surface area (TPSA) is 68.8 Å². The highest BCUT2D eigenvalue weighted by atomic mass is 32.1. The van der Waals surface area contributed by atoms with Crippen molar-refractivity contribution in [2.75, 3.05) is 20.3 Å². The smallest absolute Gasteiger partial charge is 0.338 e. The maximum absolute atomic E-state index is 12.4. The summed E-state index contributed by atoms with van der Waals surface area (Å²) in [5.41, 5.74) is 2.02. The van der Waals surface area contributed by atoms with Crippen LogP contribution in [0.5, 0.6) is 11.5 Å². The fraction of sp³-hybridized carbons (Fsp3) is 0.444. The lowest BCUT2D eigenvalue weighted by molar-refractivity contribution is -0.139. The van der Waals surface area contributed by atoms with Crippen LogP contribution in [0, 0.1) is 0 Å². The summed E-state index contributed by atoms with van der Waals surface area (Å²) in [7, 11) is 1.59. The van der Waals surface area contributed by atoms with Gasteiger partial charge in [0.05, 0.1) is 31.9 Å². The monoisotopic (exact) mass is 364 g/mol. The molecule has 7 heteroatoms. The van der Waals surface area contributed by atoms with Gasteiger partial charge in [-0.3, -0.25) is 0 Å². The van der Waals surface area contributed by atoms with E-state index in [9.17, 15) is 4.79 Å². The van der Waals surface area contributed by atoms with Gasteiger partial charge in [-0.15, -0.1) is 0 Å². The Labute approximate surface area is 153 Å². The van der Waals surface area contributed by atoms with Crippen LogP contribution in [0.25, 0.3) is 0 Å². The SMILES string of the molecule is CCCOc1ccc(C2NC(=S)NC(C)=C2C(=O)OCC)cc1OC. The van der Waals surface area contributed by atoms with E-state index in [0.29, 0.717) is 41.1 Å². The number of carbonyl (C=O) groups excluding carboxylic acids is 1. The molecule has 25 heavy (non-hydrogen) atoms. The van der Waals surface area contributed by atoms with Crippen LogP contribution in [0.15, 0.2) is 29.5 Å². The van der Waals surface area contributed by atoms with Gasteiger partial charge in [-0.25, -0.2) is 4.79 Å². The molecule has 0 fully saturated rings. The van der Waals surface area contributed by atoms with E-state index in [4.69, 9.17) is 26.4 Å². The van der Waals surface area contributed by atoms with Crippen molar-refractivity contribution >= 4 is 23.3 Å². The number of nitrogens with one attached hydrogen (secondary N) is 2. The predicted octanol–water partition coefficient (Wildman–Crippen LogP) is 2.84. The van der Waals surface area contributed by atoms with Gasteiger partial charge >= 0.3 is 5.97 Å². The minimum atomic E-state index is -0.415. The molecule has 0 saturated carbocycles. The molecule has 0 radical (unpaired) electrons. The first-order valence-electron chi connectivity index (χ1n) is 8.27. The molecule has 2 rings (SSSR count). The number of benzene rings is 1. The van der Waals surface area contributed by atoms with Crippen molar-refractivity contribution < 1.29 is 19.0 Å². The molecule has 1 atom stereocenters. The molecule has 6 nitrogen and oxygen atoms in total. The van der Waals surface area contributed by atoms with Crippen LogP contribution < -0.4 is 20.1 Å². The van der Waals surface area contributed by atoms with Gasteiger partial charge in [-0.1, -0.05) is 13.0 Å². The third kappa shape index (κ3) is 4.42. The molecule has 0 aromatic heterocycles. The van der Waals surface area contributed by atoms with E-state index in [1.165, 1.54) is 0 Å². The van der Waals surface area contributed by atoms with Crippen LogP contribution >= 0.6 is 12.2 Å². The maximum atomic E-state index is 12.4. The summed E-state index contributed by atoms with van der Waals surface area (Å²) in [5, 5.41) is 6.57. The highest BCUT2D eigenvalue weighted by molar-refractivity contribution is 7.80. The fourth-order valence-electron chi connectivity index (χ4n) is 2.62. The zero-order valence-electron chi connectivity index (χ0n) is 15.0. The Morgan fingerprint density at radius 2 is 2.04 bits per heavy atom. The lowest BCUT2D eigenvalue weighted by atomic mass is 9.95. The number of allylic oxidation sites excluding steroid dienone is 1.